The van der Waals surface area contributed by atoms with Crippen LogP contribution in [0, 0.1) is 12.8 Å². The lowest BCUT2D eigenvalue weighted by atomic mass is 10.1. The second-order valence-corrected chi connectivity index (χ2v) is 7.71. The average molecular weight is 364 g/mol. The molecule has 0 aromatic heterocycles. The molecule has 21 heavy (non-hydrogen) atoms. The van der Waals surface area contributed by atoms with E-state index < -0.39 is 0 Å². The molecule has 0 amide bonds. The summed E-state index contributed by atoms with van der Waals surface area (Å²) in [4.78, 5) is 2.59. The number of aryl methyl sites for hydroxylation is 1. The van der Waals surface area contributed by atoms with Crippen LogP contribution in [0.5, 0.6) is 0 Å². The molecule has 0 aliphatic rings. The lowest BCUT2D eigenvalue weighted by Crippen LogP contribution is -2.18. The van der Waals surface area contributed by atoms with Crippen LogP contribution in [0.15, 0.2) is 56.7 Å². The highest BCUT2D eigenvalue weighted by atomic mass is 79.9. The molecule has 0 saturated carbocycles. The maximum absolute atomic E-state index is 3.49. The number of rotatable bonds is 6. The van der Waals surface area contributed by atoms with Gasteiger partial charge in [0.15, 0.2) is 0 Å². The van der Waals surface area contributed by atoms with Crippen LogP contribution < -0.4 is 5.32 Å². The molecule has 2 rings (SSSR count). The van der Waals surface area contributed by atoms with Crippen LogP contribution in [-0.4, -0.2) is 6.54 Å². The summed E-state index contributed by atoms with van der Waals surface area (Å²) in [5, 5.41) is 3.49. The minimum Gasteiger partial charge on any atom is -0.312 e. The van der Waals surface area contributed by atoms with Crippen LogP contribution in [0.1, 0.15) is 25.0 Å². The first-order valence-corrected chi connectivity index (χ1v) is 8.89. The zero-order valence-electron chi connectivity index (χ0n) is 12.8. The third-order valence-corrected chi connectivity index (χ3v) is 4.88. The molecule has 0 heterocycles. The number of halogens is 1. The van der Waals surface area contributed by atoms with Crippen LogP contribution in [0.2, 0.25) is 0 Å². The van der Waals surface area contributed by atoms with Crippen molar-refractivity contribution in [2.75, 3.05) is 6.54 Å². The summed E-state index contributed by atoms with van der Waals surface area (Å²) in [5.41, 5.74) is 2.69. The van der Waals surface area contributed by atoms with E-state index in [0.29, 0.717) is 5.92 Å². The van der Waals surface area contributed by atoms with Crippen LogP contribution in [0.3, 0.4) is 0 Å². The van der Waals surface area contributed by atoms with Crippen molar-refractivity contribution in [1.29, 1.82) is 0 Å². The van der Waals surface area contributed by atoms with Crippen LogP contribution in [0.25, 0.3) is 0 Å². The van der Waals surface area contributed by atoms with E-state index >= 15 is 0 Å². The number of hydrogen-bond acceptors (Lipinski definition) is 2. The lowest BCUT2D eigenvalue weighted by molar-refractivity contribution is 0.552. The predicted octanol–water partition coefficient (Wildman–Crippen LogP) is 5.65. The SMILES string of the molecule is Cc1cc(CNCC(C)C)ccc1Sc1ccc(Br)cc1. The molecule has 0 bridgehead atoms. The predicted molar refractivity (Wildman–Crippen MR) is 96.0 cm³/mol. The van der Waals surface area contributed by atoms with Gasteiger partial charge in [-0.1, -0.05) is 53.7 Å². The number of nitrogens with one attached hydrogen (secondary N) is 1. The Morgan fingerprint density at radius 2 is 1.81 bits per heavy atom. The van der Waals surface area contributed by atoms with E-state index in [1.54, 1.807) is 0 Å². The van der Waals surface area contributed by atoms with Gasteiger partial charge in [-0.3, -0.25) is 0 Å². The second-order valence-electron chi connectivity index (χ2n) is 5.68. The van der Waals surface area contributed by atoms with Gasteiger partial charge >= 0.3 is 0 Å². The minimum absolute atomic E-state index is 0.693. The van der Waals surface area contributed by atoms with Crippen molar-refractivity contribution in [3.63, 3.8) is 0 Å². The Morgan fingerprint density at radius 1 is 1.10 bits per heavy atom. The van der Waals surface area contributed by atoms with Gasteiger partial charge in [0, 0.05) is 20.8 Å². The third kappa shape index (κ3) is 5.50. The summed E-state index contributed by atoms with van der Waals surface area (Å²) in [6, 6.07) is 15.2. The Labute approximate surface area is 140 Å². The fraction of sp³-hybridized carbons (Fsp3) is 0.333. The maximum atomic E-state index is 3.49. The van der Waals surface area contributed by atoms with Crippen LogP contribution in [-0.2, 0) is 6.54 Å². The molecule has 0 aliphatic heterocycles. The molecule has 0 radical (unpaired) electrons. The van der Waals surface area contributed by atoms with Crippen LogP contribution >= 0.6 is 27.7 Å². The Hall–Kier alpha value is -0.770. The Morgan fingerprint density at radius 3 is 2.43 bits per heavy atom. The van der Waals surface area contributed by atoms with E-state index in [4.69, 9.17) is 0 Å². The van der Waals surface area contributed by atoms with Gasteiger partial charge in [0.2, 0.25) is 0 Å². The fourth-order valence-electron chi connectivity index (χ4n) is 2.07. The minimum atomic E-state index is 0.693. The molecule has 0 spiro atoms. The smallest absolute Gasteiger partial charge is 0.0205 e. The van der Waals surface area contributed by atoms with E-state index in [0.717, 1.165) is 17.6 Å². The molecular formula is C18H22BrNS. The molecule has 0 unspecified atom stereocenters. The molecular weight excluding hydrogens is 342 g/mol. The van der Waals surface area contributed by atoms with E-state index in [2.05, 4.69) is 84.5 Å². The molecule has 112 valence electrons. The standard InChI is InChI=1S/C18H22BrNS/c1-13(2)11-20-12-15-4-9-18(14(3)10-15)21-17-7-5-16(19)6-8-17/h4-10,13,20H,11-12H2,1-3H3. The van der Waals surface area contributed by atoms with Crippen molar-refractivity contribution < 1.29 is 0 Å². The van der Waals surface area contributed by atoms with Crippen LogP contribution in [0.4, 0.5) is 0 Å². The molecule has 0 atom stereocenters. The highest BCUT2D eigenvalue weighted by Crippen LogP contribution is 2.31. The number of benzene rings is 2. The topological polar surface area (TPSA) is 12.0 Å². The Bertz CT molecular complexity index is 578. The summed E-state index contributed by atoms with van der Waals surface area (Å²) in [7, 11) is 0. The third-order valence-electron chi connectivity index (χ3n) is 3.16. The van der Waals surface area contributed by atoms with Gasteiger partial charge in [-0.05, 0) is 60.8 Å². The highest BCUT2D eigenvalue weighted by Gasteiger charge is 2.03. The van der Waals surface area contributed by atoms with Gasteiger partial charge in [-0.15, -0.1) is 0 Å². The first-order chi connectivity index (χ1) is 10.0. The maximum Gasteiger partial charge on any atom is 0.0205 e. The monoisotopic (exact) mass is 363 g/mol. The van der Waals surface area contributed by atoms with Gasteiger partial charge in [0.05, 0.1) is 0 Å². The quantitative estimate of drug-likeness (QED) is 0.710. The molecule has 3 heteroatoms. The molecule has 0 aliphatic carbocycles. The summed E-state index contributed by atoms with van der Waals surface area (Å²) < 4.78 is 1.12. The number of hydrogen-bond donors (Lipinski definition) is 1. The highest BCUT2D eigenvalue weighted by molar-refractivity contribution is 9.10. The molecule has 1 N–H and O–H groups in total. The van der Waals surface area contributed by atoms with Crippen molar-refractivity contribution in [3.8, 4) is 0 Å². The van der Waals surface area contributed by atoms with Crippen molar-refractivity contribution in [3.05, 3.63) is 58.1 Å². The largest absolute Gasteiger partial charge is 0.312 e. The Kier molecular flexibility index (Phi) is 6.34. The first-order valence-electron chi connectivity index (χ1n) is 7.28. The van der Waals surface area contributed by atoms with Crippen molar-refractivity contribution in [2.45, 2.75) is 37.1 Å². The molecule has 0 fully saturated rings. The summed E-state index contributed by atoms with van der Waals surface area (Å²) in [6.45, 7) is 8.66. The molecule has 2 aromatic carbocycles. The van der Waals surface area contributed by atoms with Gasteiger partial charge in [-0.25, -0.2) is 0 Å². The Balaban J connectivity index is 2.00. The van der Waals surface area contributed by atoms with E-state index in [1.807, 2.05) is 11.8 Å². The van der Waals surface area contributed by atoms with Gasteiger partial charge in [0.25, 0.3) is 0 Å². The van der Waals surface area contributed by atoms with Gasteiger partial charge in [0.1, 0.15) is 0 Å². The average Bonchev–Trinajstić information content (AvgIpc) is 2.44. The van der Waals surface area contributed by atoms with Gasteiger partial charge < -0.3 is 5.32 Å². The zero-order chi connectivity index (χ0) is 15.2. The van der Waals surface area contributed by atoms with E-state index in [1.165, 1.54) is 20.9 Å². The van der Waals surface area contributed by atoms with Crippen molar-refractivity contribution >= 4 is 27.7 Å². The van der Waals surface area contributed by atoms with Crippen molar-refractivity contribution in [1.82, 2.24) is 5.32 Å². The summed E-state index contributed by atoms with van der Waals surface area (Å²) >= 11 is 5.29. The first kappa shape index (κ1) is 16.6. The molecule has 0 saturated heterocycles. The summed E-state index contributed by atoms with van der Waals surface area (Å²) in [6.07, 6.45) is 0. The zero-order valence-corrected chi connectivity index (χ0v) is 15.2. The molecule has 1 nitrogen and oxygen atoms in total. The second kappa shape index (κ2) is 8.02. The van der Waals surface area contributed by atoms with Crippen molar-refractivity contribution in [2.24, 2.45) is 5.92 Å². The van der Waals surface area contributed by atoms with Gasteiger partial charge in [-0.2, -0.15) is 0 Å². The van der Waals surface area contributed by atoms with E-state index in [9.17, 15) is 0 Å². The lowest BCUT2D eigenvalue weighted by Gasteiger charge is -2.10. The van der Waals surface area contributed by atoms with E-state index in [-0.39, 0.29) is 0 Å². The normalized spacial score (nSPS) is 11.1. The fourth-order valence-corrected chi connectivity index (χ4v) is 3.22. The summed E-state index contributed by atoms with van der Waals surface area (Å²) in [5.74, 6) is 0.693. The molecule has 2 aromatic rings.